The normalized spacial score (nSPS) is 21.7. The van der Waals surface area contributed by atoms with Gasteiger partial charge in [0.05, 0.1) is 17.1 Å². The van der Waals surface area contributed by atoms with E-state index in [0.717, 1.165) is 12.1 Å². The third-order valence-corrected chi connectivity index (χ3v) is 4.59. The quantitative estimate of drug-likeness (QED) is 0.759. The first-order valence-corrected chi connectivity index (χ1v) is 7.26. The van der Waals surface area contributed by atoms with E-state index in [1.54, 1.807) is 0 Å². The van der Waals surface area contributed by atoms with Crippen LogP contribution in [0.25, 0.3) is 0 Å². The van der Waals surface area contributed by atoms with Gasteiger partial charge >= 0.3 is 0 Å². The number of nitrogens with two attached hydrogens (primary N) is 1. The van der Waals surface area contributed by atoms with Crippen molar-refractivity contribution in [2.45, 2.75) is 12.5 Å². The molecule has 2 rings (SSSR count). The number of benzene rings is 1. The highest BCUT2D eigenvalue weighted by Crippen LogP contribution is 2.16. The molecule has 98 valence electrons. The van der Waals surface area contributed by atoms with Crippen LogP contribution in [0.5, 0.6) is 0 Å². The Hall–Kier alpha value is -1.63. The number of amides is 1. The van der Waals surface area contributed by atoms with Crippen molar-refractivity contribution in [3.63, 3.8) is 0 Å². The van der Waals surface area contributed by atoms with Gasteiger partial charge in [0.25, 0.3) is 5.91 Å². The lowest BCUT2D eigenvalue weighted by atomic mass is 10.1. The van der Waals surface area contributed by atoms with E-state index in [9.17, 15) is 17.6 Å². The summed E-state index contributed by atoms with van der Waals surface area (Å²) in [6, 6.07) is 3.08. The maximum atomic E-state index is 12.8. The molecule has 18 heavy (non-hydrogen) atoms. The van der Waals surface area contributed by atoms with Gasteiger partial charge in [0.15, 0.2) is 9.84 Å². The van der Waals surface area contributed by atoms with Gasteiger partial charge in [-0.1, -0.05) is 0 Å². The average Bonchev–Trinajstić information content (AvgIpc) is 2.57. The van der Waals surface area contributed by atoms with Crippen LogP contribution in [0.1, 0.15) is 16.8 Å². The topological polar surface area (TPSA) is 89.3 Å². The van der Waals surface area contributed by atoms with Crippen molar-refractivity contribution in [1.29, 1.82) is 0 Å². The second-order valence-electron chi connectivity index (χ2n) is 4.30. The molecule has 1 aromatic rings. The van der Waals surface area contributed by atoms with Crippen LogP contribution in [-0.4, -0.2) is 31.9 Å². The summed E-state index contributed by atoms with van der Waals surface area (Å²) in [7, 11) is -3.05. The summed E-state index contributed by atoms with van der Waals surface area (Å²) in [6.07, 6.45) is 0.398. The molecule has 1 atom stereocenters. The van der Waals surface area contributed by atoms with Crippen molar-refractivity contribution in [2.75, 3.05) is 17.2 Å². The van der Waals surface area contributed by atoms with Crippen molar-refractivity contribution in [3.8, 4) is 0 Å². The molecule has 0 saturated carbocycles. The molecule has 1 aliphatic heterocycles. The van der Waals surface area contributed by atoms with Crippen LogP contribution >= 0.6 is 0 Å². The van der Waals surface area contributed by atoms with Gasteiger partial charge in [-0.3, -0.25) is 4.79 Å². The molecule has 7 heteroatoms. The standard InChI is InChI=1S/C11H13FN2O3S/c12-7-1-2-9(10(13)5-7)11(15)14-8-3-4-18(16,17)6-8/h1-2,5,8H,3-4,6,13H2,(H,14,15). The molecule has 1 saturated heterocycles. The highest BCUT2D eigenvalue weighted by atomic mass is 32.2. The van der Waals surface area contributed by atoms with E-state index < -0.39 is 27.6 Å². The third-order valence-electron chi connectivity index (χ3n) is 2.83. The molecular formula is C11H13FN2O3S. The zero-order chi connectivity index (χ0) is 13.3. The van der Waals surface area contributed by atoms with E-state index in [0.29, 0.717) is 6.42 Å². The van der Waals surface area contributed by atoms with Crippen LogP contribution in [-0.2, 0) is 9.84 Å². The smallest absolute Gasteiger partial charge is 0.253 e. The summed E-state index contributed by atoms with van der Waals surface area (Å²) in [5.74, 6) is -0.974. The highest BCUT2D eigenvalue weighted by Gasteiger charge is 2.29. The first-order valence-electron chi connectivity index (χ1n) is 5.44. The van der Waals surface area contributed by atoms with Crippen molar-refractivity contribution < 1.29 is 17.6 Å². The summed E-state index contributed by atoms with van der Waals surface area (Å²) in [6.45, 7) is 0. The van der Waals surface area contributed by atoms with Crippen molar-refractivity contribution in [2.24, 2.45) is 0 Å². The Morgan fingerprint density at radius 2 is 2.17 bits per heavy atom. The predicted molar refractivity (Wildman–Crippen MR) is 65.3 cm³/mol. The molecule has 1 aliphatic rings. The summed E-state index contributed by atoms with van der Waals surface area (Å²) in [5, 5.41) is 2.59. The Balaban J connectivity index is 2.09. The number of hydrogen-bond donors (Lipinski definition) is 2. The molecule has 1 fully saturated rings. The number of carbonyl (C=O) groups excluding carboxylic acids is 1. The number of hydrogen-bond acceptors (Lipinski definition) is 4. The van der Waals surface area contributed by atoms with Crippen LogP contribution in [0.2, 0.25) is 0 Å². The number of nitrogen functional groups attached to an aromatic ring is 1. The molecular weight excluding hydrogens is 259 g/mol. The van der Waals surface area contributed by atoms with Crippen LogP contribution < -0.4 is 11.1 Å². The van der Waals surface area contributed by atoms with E-state index in [2.05, 4.69) is 5.32 Å². The molecule has 1 amide bonds. The SMILES string of the molecule is Nc1cc(F)ccc1C(=O)NC1CCS(=O)(=O)C1. The minimum absolute atomic E-state index is 0.0355. The minimum Gasteiger partial charge on any atom is -0.398 e. The van der Waals surface area contributed by atoms with E-state index >= 15 is 0 Å². The Labute approximate surface area is 104 Å². The first kappa shape index (κ1) is 12.8. The fourth-order valence-electron chi connectivity index (χ4n) is 1.91. The van der Waals surface area contributed by atoms with E-state index in [1.807, 2.05) is 0 Å². The Kier molecular flexibility index (Phi) is 3.25. The van der Waals surface area contributed by atoms with Crippen LogP contribution in [0, 0.1) is 5.82 Å². The van der Waals surface area contributed by atoms with Crippen LogP contribution in [0.3, 0.4) is 0 Å². The number of sulfone groups is 1. The zero-order valence-corrected chi connectivity index (χ0v) is 10.3. The second kappa shape index (κ2) is 4.56. The molecule has 0 spiro atoms. The van der Waals surface area contributed by atoms with Gasteiger partial charge in [-0.25, -0.2) is 12.8 Å². The second-order valence-corrected chi connectivity index (χ2v) is 6.53. The number of nitrogens with one attached hydrogen (secondary N) is 1. The summed E-state index contributed by atoms with van der Waals surface area (Å²) in [5.41, 5.74) is 5.72. The largest absolute Gasteiger partial charge is 0.398 e. The maximum Gasteiger partial charge on any atom is 0.253 e. The lowest BCUT2D eigenvalue weighted by Gasteiger charge is -2.12. The predicted octanol–water partition coefficient (Wildman–Crippen LogP) is 0.325. The lowest BCUT2D eigenvalue weighted by Crippen LogP contribution is -2.35. The van der Waals surface area contributed by atoms with Crippen molar-refractivity contribution >= 4 is 21.4 Å². The van der Waals surface area contributed by atoms with Gasteiger partial charge in [0, 0.05) is 11.7 Å². The van der Waals surface area contributed by atoms with Gasteiger partial charge in [0.1, 0.15) is 5.82 Å². The monoisotopic (exact) mass is 272 g/mol. The van der Waals surface area contributed by atoms with Gasteiger partial charge in [0.2, 0.25) is 0 Å². The van der Waals surface area contributed by atoms with Crippen molar-refractivity contribution in [3.05, 3.63) is 29.6 Å². The molecule has 0 aromatic heterocycles. The fourth-order valence-corrected chi connectivity index (χ4v) is 3.59. The Bertz CT molecular complexity index is 586. The van der Waals surface area contributed by atoms with E-state index in [4.69, 9.17) is 5.73 Å². The summed E-state index contributed by atoms with van der Waals surface area (Å²) >= 11 is 0. The molecule has 0 bridgehead atoms. The minimum atomic E-state index is -3.05. The first-order chi connectivity index (χ1) is 8.37. The molecule has 1 aromatic carbocycles. The number of anilines is 1. The lowest BCUT2D eigenvalue weighted by molar-refractivity contribution is 0.0942. The number of rotatable bonds is 2. The number of carbonyl (C=O) groups is 1. The molecule has 0 radical (unpaired) electrons. The fraction of sp³-hybridized carbons (Fsp3) is 0.364. The van der Waals surface area contributed by atoms with E-state index in [-0.39, 0.29) is 22.8 Å². The summed E-state index contributed by atoms with van der Waals surface area (Å²) < 4.78 is 35.3. The average molecular weight is 272 g/mol. The molecule has 0 aliphatic carbocycles. The van der Waals surface area contributed by atoms with Crippen molar-refractivity contribution in [1.82, 2.24) is 5.32 Å². The van der Waals surface area contributed by atoms with Gasteiger partial charge in [-0.2, -0.15) is 0 Å². The molecule has 1 unspecified atom stereocenters. The third kappa shape index (κ3) is 2.79. The van der Waals surface area contributed by atoms with Gasteiger partial charge in [-0.05, 0) is 24.6 Å². The Morgan fingerprint density at radius 1 is 1.44 bits per heavy atom. The summed E-state index contributed by atoms with van der Waals surface area (Å²) in [4.78, 5) is 11.8. The van der Waals surface area contributed by atoms with E-state index in [1.165, 1.54) is 6.07 Å². The molecule has 3 N–H and O–H groups in total. The Morgan fingerprint density at radius 3 is 2.72 bits per heavy atom. The number of halogens is 1. The molecule has 1 heterocycles. The maximum absolute atomic E-state index is 12.8. The van der Waals surface area contributed by atoms with Crippen LogP contribution in [0.4, 0.5) is 10.1 Å². The highest BCUT2D eigenvalue weighted by molar-refractivity contribution is 7.91. The zero-order valence-electron chi connectivity index (χ0n) is 9.52. The van der Waals surface area contributed by atoms with Gasteiger partial charge < -0.3 is 11.1 Å². The van der Waals surface area contributed by atoms with Crippen LogP contribution in [0.15, 0.2) is 18.2 Å². The van der Waals surface area contributed by atoms with Gasteiger partial charge in [-0.15, -0.1) is 0 Å². The molecule has 5 nitrogen and oxygen atoms in total.